The SMILES string of the molecule is Cc1cccc(-c2nc(COc3ccc(COc4cccnc4CC(=O)O)cc3)co2)c1. The van der Waals surface area contributed by atoms with E-state index in [1.54, 1.807) is 24.6 Å². The molecule has 0 aliphatic heterocycles. The van der Waals surface area contributed by atoms with Crippen LogP contribution in [0.25, 0.3) is 11.5 Å². The molecule has 162 valence electrons. The highest BCUT2D eigenvalue weighted by Crippen LogP contribution is 2.22. The van der Waals surface area contributed by atoms with Gasteiger partial charge in [-0.3, -0.25) is 9.78 Å². The molecule has 0 atom stereocenters. The van der Waals surface area contributed by atoms with Crippen molar-refractivity contribution in [2.24, 2.45) is 0 Å². The average molecular weight is 430 g/mol. The molecule has 0 saturated heterocycles. The highest BCUT2D eigenvalue weighted by atomic mass is 16.5. The lowest BCUT2D eigenvalue weighted by molar-refractivity contribution is -0.136. The van der Waals surface area contributed by atoms with E-state index in [4.69, 9.17) is 19.0 Å². The summed E-state index contributed by atoms with van der Waals surface area (Å²) < 4.78 is 17.1. The van der Waals surface area contributed by atoms with Gasteiger partial charge in [0.15, 0.2) is 0 Å². The van der Waals surface area contributed by atoms with Crippen molar-refractivity contribution in [1.29, 1.82) is 0 Å². The van der Waals surface area contributed by atoms with E-state index in [1.807, 2.05) is 55.5 Å². The van der Waals surface area contributed by atoms with Gasteiger partial charge < -0.3 is 19.0 Å². The number of carboxylic acids is 1. The van der Waals surface area contributed by atoms with E-state index >= 15 is 0 Å². The first-order valence-electron chi connectivity index (χ1n) is 10.1. The van der Waals surface area contributed by atoms with Gasteiger partial charge in [-0.05, 0) is 48.9 Å². The van der Waals surface area contributed by atoms with Crippen LogP contribution in [0.3, 0.4) is 0 Å². The van der Waals surface area contributed by atoms with Crippen LogP contribution in [0.4, 0.5) is 0 Å². The molecule has 7 nitrogen and oxygen atoms in total. The van der Waals surface area contributed by atoms with Crippen LogP contribution in [0.2, 0.25) is 0 Å². The van der Waals surface area contributed by atoms with E-state index in [9.17, 15) is 4.79 Å². The average Bonchev–Trinajstić information content (AvgIpc) is 3.27. The number of aryl methyl sites for hydroxylation is 1. The maximum absolute atomic E-state index is 11.0. The monoisotopic (exact) mass is 430 g/mol. The molecule has 0 bridgehead atoms. The van der Waals surface area contributed by atoms with E-state index < -0.39 is 5.97 Å². The van der Waals surface area contributed by atoms with E-state index in [0.29, 0.717) is 42.0 Å². The van der Waals surface area contributed by atoms with Crippen LogP contribution >= 0.6 is 0 Å². The molecule has 4 aromatic rings. The molecule has 2 aromatic carbocycles. The van der Waals surface area contributed by atoms with Crippen molar-refractivity contribution < 1.29 is 23.8 Å². The molecule has 0 aliphatic carbocycles. The first-order valence-corrected chi connectivity index (χ1v) is 10.1. The summed E-state index contributed by atoms with van der Waals surface area (Å²) in [5.41, 5.74) is 4.10. The van der Waals surface area contributed by atoms with Crippen molar-refractivity contribution in [1.82, 2.24) is 9.97 Å². The van der Waals surface area contributed by atoms with Gasteiger partial charge in [-0.2, -0.15) is 0 Å². The maximum Gasteiger partial charge on any atom is 0.309 e. The summed E-state index contributed by atoms with van der Waals surface area (Å²) in [6.45, 7) is 2.61. The van der Waals surface area contributed by atoms with E-state index in [2.05, 4.69) is 9.97 Å². The number of carboxylic acid groups (broad SMARTS) is 1. The zero-order valence-corrected chi connectivity index (χ0v) is 17.5. The summed E-state index contributed by atoms with van der Waals surface area (Å²) >= 11 is 0. The fourth-order valence-corrected chi connectivity index (χ4v) is 3.11. The van der Waals surface area contributed by atoms with E-state index in [1.165, 1.54) is 0 Å². The fourth-order valence-electron chi connectivity index (χ4n) is 3.11. The number of carbonyl (C=O) groups is 1. The fraction of sp³-hybridized carbons (Fsp3) is 0.160. The molecule has 0 amide bonds. The summed E-state index contributed by atoms with van der Waals surface area (Å²) in [5.74, 6) is 0.776. The van der Waals surface area contributed by atoms with Gasteiger partial charge in [0.2, 0.25) is 5.89 Å². The first-order chi connectivity index (χ1) is 15.6. The number of pyridine rings is 1. The maximum atomic E-state index is 11.0. The Balaban J connectivity index is 1.32. The van der Waals surface area contributed by atoms with E-state index in [-0.39, 0.29) is 6.42 Å². The second kappa shape index (κ2) is 9.78. The van der Waals surface area contributed by atoms with Crippen LogP contribution < -0.4 is 9.47 Å². The molecule has 7 heteroatoms. The molecule has 0 fully saturated rings. The number of nitrogens with zero attached hydrogens (tertiary/aromatic N) is 2. The Kier molecular flexibility index (Phi) is 6.46. The van der Waals surface area contributed by atoms with Crippen LogP contribution in [0, 0.1) is 6.92 Å². The molecule has 0 aliphatic rings. The number of aliphatic carboxylic acids is 1. The Hall–Kier alpha value is -4.13. The lowest BCUT2D eigenvalue weighted by Crippen LogP contribution is -2.06. The Bertz CT molecular complexity index is 1200. The molecule has 0 saturated carbocycles. The number of benzene rings is 2. The number of aromatic nitrogens is 2. The summed E-state index contributed by atoms with van der Waals surface area (Å²) in [4.78, 5) is 19.5. The molecule has 2 heterocycles. The highest BCUT2D eigenvalue weighted by Gasteiger charge is 2.10. The van der Waals surface area contributed by atoms with Gasteiger partial charge >= 0.3 is 5.97 Å². The number of hydrogen-bond donors (Lipinski definition) is 1. The molecule has 0 unspecified atom stereocenters. The number of ether oxygens (including phenoxy) is 2. The lowest BCUT2D eigenvalue weighted by Gasteiger charge is -2.10. The van der Waals surface area contributed by atoms with Crippen molar-refractivity contribution in [3.8, 4) is 23.0 Å². The zero-order chi connectivity index (χ0) is 22.3. The highest BCUT2D eigenvalue weighted by molar-refractivity contribution is 5.70. The Morgan fingerprint density at radius 3 is 2.66 bits per heavy atom. The Morgan fingerprint density at radius 2 is 1.88 bits per heavy atom. The molecule has 0 radical (unpaired) electrons. The third kappa shape index (κ3) is 5.51. The molecular formula is C25H22N2O5. The number of rotatable bonds is 9. The Morgan fingerprint density at radius 1 is 1.03 bits per heavy atom. The van der Waals surface area contributed by atoms with Gasteiger partial charge in [-0.25, -0.2) is 4.98 Å². The van der Waals surface area contributed by atoms with Gasteiger partial charge in [0.05, 0.1) is 12.1 Å². The van der Waals surface area contributed by atoms with E-state index in [0.717, 1.165) is 16.7 Å². The van der Waals surface area contributed by atoms with Gasteiger partial charge in [0, 0.05) is 11.8 Å². The third-order valence-electron chi connectivity index (χ3n) is 4.69. The van der Waals surface area contributed by atoms with Crippen molar-refractivity contribution in [3.63, 3.8) is 0 Å². The summed E-state index contributed by atoms with van der Waals surface area (Å²) in [5, 5.41) is 8.99. The number of oxazole rings is 1. The molecule has 32 heavy (non-hydrogen) atoms. The van der Waals surface area contributed by atoms with Gasteiger partial charge in [0.1, 0.15) is 36.7 Å². The minimum atomic E-state index is -0.951. The van der Waals surface area contributed by atoms with Crippen molar-refractivity contribution in [2.45, 2.75) is 26.6 Å². The molecular weight excluding hydrogens is 408 g/mol. The predicted octanol–water partition coefficient (Wildman–Crippen LogP) is 4.83. The summed E-state index contributed by atoms with van der Waals surface area (Å²) in [6, 6.07) is 18.9. The van der Waals surface area contributed by atoms with Gasteiger partial charge in [0.25, 0.3) is 0 Å². The van der Waals surface area contributed by atoms with Crippen LogP contribution in [0.1, 0.15) is 22.5 Å². The zero-order valence-electron chi connectivity index (χ0n) is 17.5. The lowest BCUT2D eigenvalue weighted by atomic mass is 10.1. The Labute approximate surface area is 185 Å². The third-order valence-corrected chi connectivity index (χ3v) is 4.69. The van der Waals surface area contributed by atoms with Gasteiger partial charge in [-0.15, -0.1) is 0 Å². The summed E-state index contributed by atoms with van der Waals surface area (Å²) in [7, 11) is 0. The topological polar surface area (TPSA) is 94.7 Å². The quantitative estimate of drug-likeness (QED) is 0.406. The number of hydrogen-bond acceptors (Lipinski definition) is 6. The molecule has 2 aromatic heterocycles. The van der Waals surface area contributed by atoms with Crippen LogP contribution in [0.5, 0.6) is 11.5 Å². The standard InChI is InChI=1S/C25H22N2O5/c1-17-4-2-5-19(12-17)25-27-20(16-32-25)15-30-21-9-7-18(8-10-21)14-31-23-6-3-11-26-22(23)13-24(28)29/h2-12,16H,13-15H2,1H3,(H,28,29). The smallest absolute Gasteiger partial charge is 0.309 e. The molecule has 1 N–H and O–H groups in total. The predicted molar refractivity (Wildman–Crippen MR) is 117 cm³/mol. The minimum absolute atomic E-state index is 0.184. The first kappa shape index (κ1) is 21.1. The van der Waals surface area contributed by atoms with Crippen LogP contribution in [-0.4, -0.2) is 21.0 Å². The van der Waals surface area contributed by atoms with Crippen LogP contribution in [0.15, 0.2) is 77.5 Å². The molecule has 4 rings (SSSR count). The van der Waals surface area contributed by atoms with Crippen molar-refractivity contribution in [2.75, 3.05) is 0 Å². The second-order valence-corrected chi connectivity index (χ2v) is 7.25. The second-order valence-electron chi connectivity index (χ2n) is 7.25. The summed E-state index contributed by atoms with van der Waals surface area (Å²) in [6.07, 6.45) is 2.97. The molecule has 0 spiro atoms. The minimum Gasteiger partial charge on any atom is -0.487 e. The largest absolute Gasteiger partial charge is 0.487 e. The van der Waals surface area contributed by atoms with Crippen LogP contribution in [-0.2, 0) is 24.4 Å². The van der Waals surface area contributed by atoms with Crippen molar-refractivity contribution in [3.05, 3.63) is 95.6 Å². The van der Waals surface area contributed by atoms with Crippen molar-refractivity contribution >= 4 is 5.97 Å². The van der Waals surface area contributed by atoms with Gasteiger partial charge in [-0.1, -0.05) is 29.8 Å². The normalized spacial score (nSPS) is 10.7.